The Morgan fingerprint density at radius 3 is 2.48 bits per heavy atom. The summed E-state index contributed by atoms with van der Waals surface area (Å²) in [6.07, 6.45) is 0.926. The van der Waals surface area contributed by atoms with Gasteiger partial charge in [0.1, 0.15) is 11.6 Å². The van der Waals surface area contributed by atoms with Crippen molar-refractivity contribution in [3.8, 4) is 0 Å². The number of nitrogen functional groups attached to an aromatic ring is 1. The molecule has 0 bridgehead atoms. The third kappa shape index (κ3) is 3.96. The van der Waals surface area contributed by atoms with E-state index in [1.165, 1.54) is 5.56 Å². The molecule has 6 nitrogen and oxygen atoms in total. The van der Waals surface area contributed by atoms with E-state index in [0.29, 0.717) is 28.5 Å². The summed E-state index contributed by atoms with van der Waals surface area (Å²) in [5.74, 6) is 0.0559. The Hall–Kier alpha value is -3.45. The molecule has 1 atom stereocenters. The Labute approximate surface area is 186 Å². The second-order valence-electron chi connectivity index (χ2n) is 7.25. The predicted octanol–water partition coefficient (Wildman–Crippen LogP) is 4.82. The zero-order valence-corrected chi connectivity index (χ0v) is 18.3. The molecule has 4 rings (SSSR count). The molecule has 4 N–H and O–H groups in total. The van der Waals surface area contributed by atoms with Crippen molar-refractivity contribution in [2.75, 3.05) is 17.7 Å². The molecule has 0 radical (unpaired) electrons. The number of nitrogens with two attached hydrogens (primary N) is 1. The number of aromatic amines is 1. The summed E-state index contributed by atoms with van der Waals surface area (Å²) in [4.78, 5) is 20.7. The van der Waals surface area contributed by atoms with Gasteiger partial charge in [0.2, 0.25) is 0 Å². The number of carbonyl (C=O) groups is 1. The molecular weight excluding hydrogens is 408 g/mol. The Morgan fingerprint density at radius 2 is 1.84 bits per heavy atom. The van der Waals surface area contributed by atoms with E-state index >= 15 is 0 Å². The first-order valence-corrected chi connectivity index (χ1v) is 10.7. The summed E-state index contributed by atoms with van der Waals surface area (Å²) < 4.78 is 5.75. The lowest BCUT2D eigenvalue weighted by atomic mass is 9.80. The molecule has 3 aromatic rings. The molecule has 158 valence electrons. The Balaban J connectivity index is 2.03. The van der Waals surface area contributed by atoms with E-state index in [1.807, 2.05) is 42.5 Å². The van der Waals surface area contributed by atoms with Crippen LogP contribution in [0.15, 0.2) is 60.2 Å². The monoisotopic (exact) mass is 432 g/mol. The number of nitrogens with one attached hydrogen (secondary N) is 2. The fourth-order valence-electron chi connectivity index (χ4n) is 3.90. The third-order valence-electron chi connectivity index (χ3n) is 5.37. The summed E-state index contributed by atoms with van der Waals surface area (Å²) >= 11 is 5.26. The molecule has 1 aliphatic rings. The first kappa shape index (κ1) is 20.8. The first-order chi connectivity index (χ1) is 15.0. The molecule has 7 heteroatoms. The maximum atomic E-state index is 13.3. The maximum absolute atomic E-state index is 13.3. The van der Waals surface area contributed by atoms with E-state index in [4.69, 9.17) is 22.7 Å². The van der Waals surface area contributed by atoms with Gasteiger partial charge < -0.3 is 20.8 Å². The highest BCUT2D eigenvalue weighted by atomic mass is 32.1. The van der Waals surface area contributed by atoms with Crippen LogP contribution in [-0.2, 0) is 16.0 Å². The lowest BCUT2D eigenvalue weighted by Gasteiger charge is -2.31. The average molecular weight is 433 g/mol. The zero-order valence-electron chi connectivity index (χ0n) is 17.4. The van der Waals surface area contributed by atoms with E-state index in [9.17, 15) is 4.79 Å². The number of ether oxygens (including phenoxy) is 1. The van der Waals surface area contributed by atoms with Crippen molar-refractivity contribution < 1.29 is 9.53 Å². The highest BCUT2D eigenvalue weighted by molar-refractivity contribution is 7.71. The molecule has 0 spiro atoms. The van der Waals surface area contributed by atoms with Gasteiger partial charge in [-0.1, -0.05) is 61.5 Å². The van der Waals surface area contributed by atoms with E-state index < -0.39 is 11.9 Å². The highest BCUT2D eigenvalue weighted by Crippen LogP contribution is 2.45. The molecule has 0 amide bonds. The second-order valence-corrected chi connectivity index (χ2v) is 7.63. The van der Waals surface area contributed by atoms with Gasteiger partial charge in [0.15, 0.2) is 4.77 Å². The van der Waals surface area contributed by atoms with Gasteiger partial charge in [0.25, 0.3) is 0 Å². The quantitative estimate of drug-likeness (QED) is 0.396. The minimum absolute atomic E-state index is 0.268. The van der Waals surface area contributed by atoms with Crippen molar-refractivity contribution in [3.05, 3.63) is 87.2 Å². The number of rotatable bonds is 5. The maximum Gasteiger partial charge on any atom is 0.337 e. The Bertz CT molecular complexity index is 1200. The van der Waals surface area contributed by atoms with E-state index in [0.717, 1.165) is 17.5 Å². The first-order valence-electron chi connectivity index (χ1n) is 10.3. The van der Waals surface area contributed by atoms with Gasteiger partial charge >= 0.3 is 5.97 Å². The fraction of sp³-hybridized carbons (Fsp3) is 0.208. The number of hydrogen-bond acceptors (Lipinski definition) is 6. The molecule has 1 aromatic heterocycles. The van der Waals surface area contributed by atoms with Crippen LogP contribution >= 0.6 is 12.2 Å². The topological polar surface area (TPSA) is 93.0 Å². The van der Waals surface area contributed by atoms with Crippen LogP contribution in [0.2, 0.25) is 0 Å². The molecule has 0 fully saturated rings. The summed E-state index contributed by atoms with van der Waals surface area (Å²) in [5, 5.41) is 3.31. The van der Waals surface area contributed by atoms with Crippen LogP contribution in [0.25, 0.3) is 5.70 Å². The van der Waals surface area contributed by atoms with Crippen LogP contribution in [0.5, 0.6) is 0 Å². The summed E-state index contributed by atoms with van der Waals surface area (Å²) in [7, 11) is 0. The SMILES string of the molecule is CCOC(=O)C1=C(c2ccccc2)Nc2nc(=S)[nH]c(N)c2C1c1ccc(CC)cc1. The minimum atomic E-state index is -0.462. The van der Waals surface area contributed by atoms with Crippen molar-refractivity contribution in [1.29, 1.82) is 0 Å². The Kier molecular flexibility index (Phi) is 5.86. The standard InChI is InChI=1S/C24H24N4O2S/c1-3-14-10-12-15(13-11-14)17-18(23(29)30-4-2)20(16-8-6-5-7-9-16)26-22-19(17)21(25)27-24(31)28-22/h5-13,17H,3-4H2,1-2H3,(H4,25,26,27,28,31). The van der Waals surface area contributed by atoms with Crippen LogP contribution in [0, 0.1) is 4.77 Å². The smallest absolute Gasteiger partial charge is 0.337 e. The highest BCUT2D eigenvalue weighted by Gasteiger charge is 2.37. The summed E-state index contributed by atoms with van der Waals surface area (Å²) in [5.41, 5.74) is 11.2. The van der Waals surface area contributed by atoms with Crippen LogP contribution < -0.4 is 11.1 Å². The lowest BCUT2D eigenvalue weighted by Crippen LogP contribution is -2.27. The largest absolute Gasteiger partial charge is 0.463 e. The number of aryl methyl sites for hydroxylation is 1. The van der Waals surface area contributed by atoms with Crippen molar-refractivity contribution in [2.45, 2.75) is 26.2 Å². The van der Waals surface area contributed by atoms with Crippen molar-refractivity contribution in [2.24, 2.45) is 0 Å². The van der Waals surface area contributed by atoms with E-state index in [2.05, 4.69) is 34.3 Å². The Morgan fingerprint density at radius 1 is 1.13 bits per heavy atom. The predicted molar refractivity (Wildman–Crippen MR) is 125 cm³/mol. The third-order valence-corrected chi connectivity index (χ3v) is 5.56. The molecule has 31 heavy (non-hydrogen) atoms. The molecular formula is C24H24N4O2S. The average Bonchev–Trinajstić information content (AvgIpc) is 2.78. The number of hydrogen-bond donors (Lipinski definition) is 3. The van der Waals surface area contributed by atoms with Crippen LogP contribution in [0.1, 0.15) is 42.0 Å². The van der Waals surface area contributed by atoms with Crippen molar-refractivity contribution >= 4 is 35.5 Å². The number of H-pyrrole nitrogens is 1. The van der Waals surface area contributed by atoms with Gasteiger partial charge in [-0.15, -0.1) is 0 Å². The number of esters is 1. The zero-order chi connectivity index (χ0) is 22.0. The molecule has 2 heterocycles. The molecule has 1 aliphatic heterocycles. The van der Waals surface area contributed by atoms with E-state index in [1.54, 1.807) is 6.92 Å². The molecule has 1 unspecified atom stereocenters. The van der Waals surface area contributed by atoms with Crippen LogP contribution in [-0.4, -0.2) is 22.5 Å². The fourth-order valence-corrected chi connectivity index (χ4v) is 4.10. The summed E-state index contributed by atoms with van der Waals surface area (Å²) in [6, 6.07) is 17.8. The molecule has 0 saturated carbocycles. The van der Waals surface area contributed by atoms with Crippen molar-refractivity contribution in [1.82, 2.24) is 9.97 Å². The number of benzene rings is 2. The van der Waals surface area contributed by atoms with Gasteiger partial charge in [0.05, 0.1) is 23.8 Å². The lowest BCUT2D eigenvalue weighted by molar-refractivity contribution is -0.138. The van der Waals surface area contributed by atoms with Gasteiger partial charge in [0, 0.05) is 5.56 Å². The number of aromatic nitrogens is 2. The molecule has 2 aromatic carbocycles. The normalized spacial score (nSPS) is 15.2. The van der Waals surface area contributed by atoms with Crippen molar-refractivity contribution in [3.63, 3.8) is 0 Å². The molecule has 0 aliphatic carbocycles. The minimum Gasteiger partial charge on any atom is -0.463 e. The van der Waals surface area contributed by atoms with Gasteiger partial charge in [-0.2, -0.15) is 0 Å². The van der Waals surface area contributed by atoms with Gasteiger partial charge in [-0.25, -0.2) is 9.78 Å². The van der Waals surface area contributed by atoms with Crippen LogP contribution in [0.3, 0.4) is 0 Å². The van der Waals surface area contributed by atoms with E-state index in [-0.39, 0.29) is 11.4 Å². The number of nitrogens with zero attached hydrogens (tertiary/aromatic N) is 1. The summed E-state index contributed by atoms with van der Waals surface area (Å²) in [6.45, 7) is 4.17. The number of anilines is 2. The second kappa shape index (κ2) is 8.73. The number of carbonyl (C=O) groups excluding carboxylic acids is 1. The van der Waals surface area contributed by atoms with Crippen LogP contribution in [0.4, 0.5) is 11.6 Å². The van der Waals surface area contributed by atoms with Gasteiger partial charge in [-0.05, 0) is 42.3 Å². The van der Waals surface area contributed by atoms with Gasteiger partial charge in [-0.3, -0.25) is 0 Å². The molecule has 0 saturated heterocycles. The number of fused-ring (bicyclic) bond motifs is 1.